The van der Waals surface area contributed by atoms with E-state index in [1.165, 1.54) is 5.01 Å². The molecule has 0 aromatic heterocycles. The van der Waals surface area contributed by atoms with Crippen molar-refractivity contribution in [1.29, 1.82) is 0 Å². The second-order valence-electron chi connectivity index (χ2n) is 3.53. The van der Waals surface area contributed by atoms with E-state index < -0.39 is 6.04 Å². The lowest BCUT2D eigenvalue weighted by atomic mass is 10.2. The Morgan fingerprint density at radius 3 is 2.53 bits per heavy atom. The normalized spacial score (nSPS) is 11.8. The molecule has 0 fully saturated rings. The first-order valence-electron chi connectivity index (χ1n) is 5.37. The number of carbonyl (C=O) groups is 1. The molecule has 0 aliphatic rings. The third kappa shape index (κ3) is 3.33. The smallest absolute Gasteiger partial charge is 0.330 e. The maximum absolute atomic E-state index is 11.5. The summed E-state index contributed by atoms with van der Waals surface area (Å²) < 4.78 is 4.90. The van der Waals surface area contributed by atoms with Crippen molar-refractivity contribution < 1.29 is 9.53 Å². The van der Waals surface area contributed by atoms with E-state index in [9.17, 15) is 4.79 Å². The van der Waals surface area contributed by atoms with Crippen molar-refractivity contribution in [2.45, 2.75) is 19.9 Å². The van der Waals surface area contributed by atoms with E-state index in [4.69, 9.17) is 16.4 Å². The van der Waals surface area contributed by atoms with Crippen LogP contribution in [0.2, 0.25) is 0 Å². The van der Waals surface area contributed by atoms with Gasteiger partial charge in [-0.1, -0.05) is 0 Å². The number of hydrazine groups is 2. The summed E-state index contributed by atoms with van der Waals surface area (Å²) in [7, 11) is 0. The number of rotatable bonds is 5. The number of nitrogens with two attached hydrogens (primary N) is 2. The highest BCUT2D eigenvalue weighted by atomic mass is 16.5. The minimum Gasteiger partial charge on any atom is -0.464 e. The van der Waals surface area contributed by atoms with E-state index in [0.29, 0.717) is 12.3 Å². The number of nitrogen functional groups attached to an aromatic ring is 1. The van der Waals surface area contributed by atoms with Gasteiger partial charge in [-0.15, -0.1) is 0 Å². The van der Waals surface area contributed by atoms with Gasteiger partial charge in [-0.05, 0) is 38.1 Å². The molecule has 0 saturated heterocycles. The second kappa shape index (κ2) is 6.07. The first-order valence-corrected chi connectivity index (χ1v) is 5.37. The molecular weight excluding hydrogens is 220 g/mol. The maximum Gasteiger partial charge on any atom is 0.330 e. The predicted molar refractivity (Wildman–Crippen MR) is 67.0 cm³/mol. The summed E-state index contributed by atoms with van der Waals surface area (Å²) in [6.45, 7) is 3.79. The Bertz CT molecular complexity index is 366. The van der Waals surface area contributed by atoms with Gasteiger partial charge in [0.1, 0.15) is 6.04 Å². The van der Waals surface area contributed by atoms with Crippen LogP contribution in [0.1, 0.15) is 13.8 Å². The Balaban J connectivity index is 2.73. The van der Waals surface area contributed by atoms with E-state index in [0.717, 1.165) is 5.69 Å². The summed E-state index contributed by atoms with van der Waals surface area (Å²) in [5.41, 5.74) is 4.00. The van der Waals surface area contributed by atoms with Crippen molar-refractivity contribution in [2.75, 3.05) is 17.0 Å². The van der Waals surface area contributed by atoms with Crippen LogP contribution >= 0.6 is 0 Å². The first-order chi connectivity index (χ1) is 8.10. The average Bonchev–Trinajstić information content (AvgIpc) is 2.37. The molecule has 1 atom stereocenters. The van der Waals surface area contributed by atoms with Crippen molar-refractivity contribution in [3.05, 3.63) is 24.3 Å². The molecule has 6 heteroatoms. The van der Waals surface area contributed by atoms with Gasteiger partial charge in [-0.3, -0.25) is 10.9 Å². The molecule has 0 bridgehead atoms. The molecule has 1 rings (SSSR count). The zero-order valence-corrected chi connectivity index (χ0v) is 10.0. The number of nitrogens with zero attached hydrogens (tertiary/aromatic N) is 1. The Labute approximate surface area is 100 Å². The van der Waals surface area contributed by atoms with Crippen LogP contribution in [-0.4, -0.2) is 18.6 Å². The van der Waals surface area contributed by atoms with Gasteiger partial charge in [0.15, 0.2) is 0 Å². The van der Waals surface area contributed by atoms with E-state index in [1.807, 2.05) is 0 Å². The Hall–Kier alpha value is -1.79. The number of hydrogen-bond donors (Lipinski definition) is 3. The molecule has 0 aliphatic heterocycles. The Morgan fingerprint density at radius 2 is 2.06 bits per heavy atom. The second-order valence-corrected chi connectivity index (χ2v) is 3.53. The lowest BCUT2D eigenvalue weighted by Crippen LogP contribution is -2.45. The van der Waals surface area contributed by atoms with Crippen LogP contribution in [0.25, 0.3) is 0 Å². The number of ether oxygens (including phenoxy) is 1. The number of carbonyl (C=O) groups excluding carboxylic acids is 1. The molecule has 0 radical (unpaired) electrons. The first kappa shape index (κ1) is 13.3. The number of hydrogen-bond acceptors (Lipinski definition) is 6. The monoisotopic (exact) mass is 238 g/mol. The van der Waals surface area contributed by atoms with Crippen LogP contribution in [0.4, 0.5) is 11.4 Å². The van der Waals surface area contributed by atoms with Gasteiger partial charge in [0, 0.05) is 5.69 Å². The lowest BCUT2D eigenvalue weighted by Gasteiger charge is -2.24. The summed E-state index contributed by atoms with van der Waals surface area (Å²) >= 11 is 0. The summed E-state index contributed by atoms with van der Waals surface area (Å²) in [5, 5.41) is 1.36. The van der Waals surface area contributed by atoms with Gasteiger partial charge in [-0.25, -0.2) is 10.6 Å². The van der Waals surface area contributed by atoms with E-state index in [-0.39, 0.29) is 5.97 Å². The van der Waals surface area contributed by atoms with E-state index in [2.05, 4.69) is 5.43 Å². The van der Waals surface area contributed by atoms with Gasteiger partial charge in [-0.2, -0.15) is 0 Å². The number of nitrogens with one attached hydrogen (secondary N) is 1. The van der Waals surface area contributed by atoms with Crippen LogP contribution in [0.3, 0.4) is 0 Å². The molecule has 1 aromatic rings. The van der Waals surface area contributed by atoms with Crippen LogP contribution in [0.15, 0.2) is 24.3 Å². The fraction of sp³-hybridized carbons (Fsp3) is 0.364. The minimum atomic E-state index is -0.536. The number of esters is 1. The number of benzene rings is 1. The molecule has 17 heavy (non-hydrogen) atoms. The van der Waals surface area contributed by atoms with E-state index in [1.54, 1.807) is 38.1 Å². The van der Waals surface area contributed by atoms with Crippen LogP contribution < -0.4 is 22.1 Å². The highest BCUT2D eigenvalue weighted by Crippen LogP contribution is 2.17. The highest BCUT2D eigenvalue weighted by molar-refractivity contribution is 5.79. The van der Waals surface area contributed by atoms with Crippen LogP contribution in [-0.2, 0) is 9.53 Å². The molecule has 1 unspecified atom stereocenters. The van der Waals surface area contributed by atoms with Gasteiger partial charge < -0.3 is 10.2 Å². The van der Waals surface area contributed by atoms with Crippen molar-refractivity contribution >= 4 is 17.3 Å². The van der Waals surface area contributed by atoms with Gasteiger partial charge in [0.2, 0.25) is 0 Å². The Kier molecular flexibility index (Phi) is 4.74. The molecule has 0 heterocycles. The molecule has 0 amide bonds. The van der Waals surface area contributed by atoms with Crippen LogP contribution in [0, 0.1) is 0 Å². The zero-order valence-electron chi connectivity index (χ0n) is 10.0. The predicted octanol–water partition coefficient (Wildman–Crippen LogP) is 0.604. The highest BCUT2D eigenvalue weighted by Gasteiger charge is 2.20. The Morgan fingerprint density at radius 1 is 1.47 bits per heavy atom. The largest absolute Gasteiger partial charge is 0.464 e. The molecule has 0 aliphatic carbocycles. The third-order valence-corrected chi connectivity index (χ3v) is 2.38. The third-order valence-electron chi connectivity index (χ3n) is 2.38. The van der Waals surface area contributed by atoms with E-state index >= 15 is 0 Å². The lowest BCUT2D eigenvalue weighted by molar-refractivity contribution is -0.144. The summed E-state index contributed by atoms with van der Waals surface area (Å²) in [5.74, 6) is 10.7. The average molecular weight is 238 g/mol. The molecule has 1 aromatic carbocycles. The SMILES string of the molecule is CCOC(=O)C(C)N(N)c1ccc(NN)cc1. The van der Waals surface area contributed by atoms with Crippen molar-refractivity contribution in [3.8, 4) is 0 Å². The van der Waals surface area contributed by atoms with Crippen molar-refractivity contribution in [1.82, 2.24) is 0 Å². The minimum absolute atomic E-state index is 0.340. The quantitative estimate of drug-likeness (QED) is 0.395. The fourth-order valence-electron chi connectivity index (χ4n) is 1.33. The van der Waals surface area contributed by atoms with Gasteiger partial charge >= 0.3 is 5.97 Å². The topological polar surface area (TPSA) is 93.6 Å². The molecule has 0 saturated carbocycles. The molecule has 94 valence electrons. The molecule has 5 N–H and O–H groups in total. The van der Waals surface area contributed by atoms with Gasteiger partial charge in [0.25, 0.3) is 0 Å². The zero-order chi connectivity index (χ0) is 12.8. The maximum atomic E-state index is 11.5. The summed E-state index contributed by atoms with van der Waals surface area (Å²) in [4.78, 5) is 11.5. The molecule has 0 spiro atoms. The van der Waals surface area contributed by atoms with Crippen molar-refractivity contribution in [3.63, 3.8) is 0 Å². The summed E-state index contributed by atoms with van der Waals surface area (Å²) in [6.07, 6.45) is 0. The molecular formula is C11H18N4O2. The summed E-state index contributed by atoms with van der Waals surface area (Å²) in [6, 6.07) is 6.54. The standard InChI is InChI=1S/C11H18N4O2/c1-3-17-11(16)8(2)15(13)10-6-4-9(14-12)5-7-10/h4-8,14H,3,12-13H2,1-2H3. The van der Waals surface area contributed by atoms with Crippen LogP contribution in [0.5, 0.6) is 0 Å². The molecule has 6 nitrogen and oxygen atoms in total. The van der Waals surface area contributed by atoms with Gasteiger partial charge in [0.05, 0.1) is 12.3 Å². The number of anilines is 2. The van der Waals surface area contributed by atoms with Crippen molar-refractivity contribution in [2.24, 2.45) is 11.7 Å². The fourth-order valence-corrected chi connectivity index (χ4v) is 1.33.